The molecule has 2 aromatic heterocycles. The Morgan fingerprint density at radius 2 is 1.66 bits per heavy atom. The Morgan fingerprint density at radius 1 is 1.05 bits per heavy atom. The van der Waals surface area contributed by atoms with Gasteiger partial charge in [-0.3, -0.25) is 4.79 Å². The third kappa shape index (κ3) is 7.86. The van der Waals surface area contributed by atoms with E-state index in [0.29, 0.717) is 12.8 Å². The number of hydrogen-bond donors (Lipinski definition) is 2. The molecule has 0 radical (unpaired) electrons. The maximum Gasteiger partial charge on any atom is 0.358 e. The first kappa shape index (κ1) is 30.7. The minimum absolute atomic E-state index is 0.0658. The molecule has 1 aliphatic rings. The van der Waals surface area contributed by atoms with E-state index in [4.69, 9.17) is 37.4 Å². The number of ether oxygens (including phenoxy) is 3. The third-order valence-corrected chi connectivity index (χ3v) is 8.36. The third-order valence-electron chi connectivity index (χ3n) is 6.15. The molecule has 0 aliphatic carbocycles. The number of hydrogen-bond acceptors (Lipinski definition) is 12. The zero-order chi connectivity index (χ0) is 28.3. The van der Waals surface area contributed by atoms with Crippen molar-refractivity contribution in [1.29, 1.82) is 0 Å². The average Bonchev–Trinajstić information content (AvgIpc) is 3.53. The number of carbonyl (C=O) groups excluding carboxylic acids is 3. The number of aromatic nitrogens is 2. The summed E-state index contributed by atoms with van der Waals surface area (Å²) in [5.41, 5.74) is -1.65. The molecule has 0 fully saturated rings. The quantitative estimate of drug-likeness (QED) is 0.267. The number of fused-ring (bicyclic) bond motifs is 4. The van der Waals surface area contributed by atoms with Crippen LogP contribution >= 0.6 is 45.9 Å². The van der Waals surface area contributed by atoms with E-state index in [0.717, 1.165) is 22.7 Å². The van der Waals surface area contributed by atoms with Crippen molar-refractivity contribution in [3.05, 3.63) is 32.2 Å². The van der Waals surface area contributed by atoms with Gasteiger partial charge in [-0.15, -0.1) is 45.9 Å². The highest BCUT2D eigenvalue weighted by Crippen LogP contribution is 2.36. The van der Waals surface area contributed by atoms with Crippen molar-refractivity contribution in [3.8, 4) is 0 Å². The normalized spacial score (nSPS) is 25.1. The molecular weight excluding hydrogens is 579 g/mol. The van der Waals surface area contributed by atoms with E-state index in [2.05, 4.69) is 9.97 Å². The van der Waals surface area contributed by atoms with Crippen molar-refractivity contribution in [2.75, 3.05) is 6.61 Å². The molecule has 0 saturated carbocycles. The van der Waals surface area contributed by atoms with Crippen molar-refractivity contribution in [2.24, 2.45) is 5.92 Å². The molecule has 14 heteroatoms. The van der Waals surface area contributed by atoms with Crippen LogP contribution in [0.15, 0.2) is 10.8 Å². The number of carbonyl (C=O) groups is 3. The number of rotatable bonds is 6. The lowest BCUT2D eigenvalue weighted by atomic mass is 9.95. The summed E-state index contributed by atoms with van der Waals surface area (Å²) in [4.78, 5) is 47.1. The largest absolute Gasteiger partial charge is 0.458 e. The van der Waals surface area contributed by atoms with Crippen molar-refractivity contribution in [3.63, 3.8) is 0 Å². The monoisotopic (exact) mass is 608 g/mol. The van der Waals surface area contributed by atoms with E-state index in [9.17, 15) is 24.6 Å². The molecule has 2 N–H and O–H groups in total. The summed E-state index contributed by atoms with van der Waals surface area (Å²) < 4.78 is 15.6. The standard InChI is InChI=1S/C24H30Cl2N2O8S2/c1-5-23(3,33)17-19-28-13(10-38-19)21(31)34-9-15(29)18-27-14(11-37-18)22(32)35-16(12(2)20(30)36-17)7-6-8-24(4,25)26/h10-12,15-17,29,33H,5-9H2,1-4H3/t12-,15+,16+,17+,23-/m1/s1. The van der Waals surface area contributed by atoms with E-state index in [1.165, 1.54) is 17.7 Å². The lowest BCUT2D eigenvalue weighted by molar-refractivity contribution is -0.173. The van der Waals surface area contributed by atoms with E-state index in [1.807, 2.05) is 0 Å². The number of alkyl halides is 2. The Labute approximate surface area is 238 Å². The zero-order valence-electron chi connectivity index (χ0n) is 21.3. The lowest BCUT2D eigenvalue weighted by Gasteiger charge is -2.32. The summed E-state index contributed by atoms with van der Waals surface area (Å²) in [6, 6.07) is 0. The highest BCUT2D eigenvalue weighted by Gasteiger charge is 2.40. The van der Waals surface area contributed by atoms with Crippen molar-refractivity contribution >= 4 is 63.8 Å². The summed E-state index contributed by atoms with van der Waals surface area (Å²) >= 11 is 14.2. The fraction of sp³-hybridized carbons (Fsp3) is 0.625. The lowest BCUT2D eigenvalue weighted by Crippen LogP contribution is -2.39. The molecule has 0 saturated heterocycles. The van der Waals surface area contributed by atoms with Gasteiger partial charge >= 0.3 is 17.9 Å². The minimum atomic E-state index is -1.52. The van der Waals surface area contributed by atoms with Crippen molar-refractivity contribution in [2.45, 2.75) is 81.6 Å². The predicted molar refractivity (Wildman–Crippen MR) is 142 cm³/mol. The highest BCUT2D eigenvalue weighted by molar-refractivity contribution is 7.10. The van der Waals surface area contributed by atoms with Gasteiger partial charge < -0.3 is 24.4 Å². The van der Waals surface area contributed by atoms with Crippen LogP contribution in [0.1, 0.15) is 96.6 Å². The second-order valence-electron chi connectivity index (χ2n) is 9.48. The number of aliphatic hydroxyl groups excluding tert-OH is 1. The second kappa shape index (κ2) is 12.6. The molecule has 3 rings (SSSR count). The summed E-state index contributed by atoms with van der Waals surface area (Å²) in [5, 5.41) is 24.6. The van der Waals surface area contributed by atoms with Gasteiger partial charge in [-0.25, -0.2) is 19.6 Å². The summed E-state index contributed by atoms with van der Waals surface area (Å²) in [6.07, 6.45) is -2.15. The molecular formula is C24H30Cl2N2O8S2. The second-order valence-corrected chi connectivity index (χ2v) is 13.1. The smallest absolute Gasteiger partial charge is 0.358 e. The first-order valence-corrected chi connectivity index (χ1v) is 14.5. The van der Waals surface area contributed by atoms with Crippen LogP contribution in [0, 0.1) is 5.92 Å². The van der Waals surface area contributed by atoms with E-state index in [-0.39, 0.29) is 34.2 Å². The van der Waals surface area contributed by atoms with Crippen LogP contribution in [0.3, 0.4) is 0 Å². The van der Waals surface area contributed by atoms with Crippen LogP contribution < -0.4 is 0 Å². The summed E-state index contributed by atoms with van der Waals surface area (Å²) in [6.45, 7) is 5.97. The number of aliphatic hydroxyl groups is 2. The van der Waals surface area contributed by atoms with Gasteiger partial charge in [-0.1, -0.05) is 6.92 Å². The fourth-order valence-electron chi connectivity index (χ4n) is 3.56. The molecule has 0 amide bonds. The molecule has 0 aromatic carbocycles. The molecule has 210 valence electrons. The molecule has 3 heterocycles. The number of cyclic esters (lactones) is 3. The molecule has 2 aromatic rings. The Bertz CT molecular complexity index is 1150. The first-order chi connectivity index (χ1) is 17.7. The van der Waals surface area contributed by atoms with Crippen LogP contribution in [0.4, 0.5) is 0 Å². The van der Waals surface area contributed by atoms with Gasteiger partial charge in [-0.2, -0.15) is 0 Å². The topological polar surface area (TPSA) is 145 Å². The van der Waals surface area contributed by atoms with Crippen LogP contribution in [0.2, 0.25) is 0 Å². The zero-order valence-corrected chi connectivity index (χ0v) is 24.5. The van der Waals surface area contributed by atoms with Crippen LogP contribution in [0.25, 0.3) is 0 Å². The maximum atomic E-state index is 13.3. The van der Waals surface area contributed by atoms with Crippen molar-refractivity contribution < 1.29 is 38.8 Å². The number of thiazole rings is 2. The Morgan fingerprint density at radius 3 is 2.29 bits per heavy atom. The number of nitrogens with zero attached hydrogens (tertiary/aromatic N) is 2. The molecule has 0 spiro atoms. The van der Waals surface area contributed by atoms with Crippen LogP contribution in [-0.4, -0.2) is 60.7 Å². The highest BCUT2D eigenvalue weighted by atomic mass is 35.5. The van der Waals surface area contributed by atoms with Gasteiger partial charge in [-0.05, 0) is 46.5 Å². The Hall–Kier alpha value is -1.83. The molecule has 10 nitrogen and oxygen atoms in total. The van der Waals surface area contributed by atoms with Gasteiger partial charge in [0.05, 0.1) is 5.92 Å². The van der Waals surface area contributed by atoms with Gasteiger partial charge in [0.1, 0.15) is 38.8 Å². The van der Waals surface area contributed by atoms with Gasteiger partial charge in [0.15, 0.2) is 17.5 Å². The van der Waals surface area contributed by atoms with Gasteiger partial charge in [0, 0.05) is 10.8 Å². The SMILES string of the molecule is CC[C@@](C)(O)[C@H]1OC(=O)[C@H](C)[C@H](CCCC(C)(Cl)Cl)OC(=O)c2csc(n2)[C@@H](O)COC(=O)c2csc1n2. The number of esters is 3. The minimum Gasteiger partial charge on any atom is -0.458 e. The number of halogens is 2. The van der Waals surface area contributed by atoms with Crippen molar-refractivity contribution in [1.82, 2.24) is 9.97 Å². The summed E-state index contributed by atoms with van der Waals surface area (Å²) in [5.74, 6) is -3.30. The average molecular weight is 610 g/mol. The van der Waals surface area contributed by atoms with E-state index in [1.54, 1.807) is 20.8 Å². The fourth-order valence-corrected chi connectivity index (χ4v) is 5.55. The molecule has 0 unspecified atom stereocenters. The van der Waals surface area contributed by atoms with Crippen LogP contribution in [-0.2, 0) is 19.0 Å². The molecule has 5 atom stereocenters. The Balaban J connectivity index is 1.98. The maximum absolute atomic E-state index is 13.3. The van der Waals surface area contributed by atoms with Gasteiger partial charge in [0.2, 0.25) is 0 Å². The van der Waals surface area contributed by atoms with Gasteiger partial charge in [0.25, 0.3) is 0 Å². The molecule has 38 heavy (non-hydrogen) atoms. The molecule has 1 aliphatic heterocycles. The molecule has 4 bridgehead atoms. The van der Waals surface area contributed by atoms with Crippen LogP contribution in [0.5, 0.6) is 0 Å². The van der Waals surface area contributed by atoms with E-state index < -0.39 is 58.7 Å². The Kier molecular flexibility index (Phi) is 10.2. The predicted octanol–water partition coefficient (Wildman–Crippen LogP) is 4.77. The summed E-state index contributed by atoms with van der Waals surface area (Å²) in [7, 11) is 0. The first-order valence-electron chi connectivity index (χ1n) is 12.0. The van der Waals surface area contributed by atoms with E-state index >= 15 is 0 Å².